The number of likely N-dealkylation sites (tertiary alicyclic amines) is 1. The van der Waals surface area contributed by atoms with Crippen LogP contribution >= 0.6 is 0 Å². The van der Waals surface area contributed by atoms with E-state index in [1.54, 1.807) is 0 Å². The maximum atomic E-state index is 12.4. The lowest BCUT2D eigenvalue weighted by Gasteiger charge is -2.41. The van der Waals surface area contributed by atoms with Crippen molar-refractivity contribution >= 4 is 11.6 Å². The van der Waals surface area contributed by atoms with Gasteiger partial charge in [0, 0.05) is 18.7 Å². The van der Waals surface area contributed by atoms with Crippen molar-refractivity contribution in [2.24, 2.45) is 17.0 Å². The fraction of sp³-hybridized carbons (Fsp3) is 0.600. The molecule has 140 valence electrons. The molecule has 2 aliphatic heterocycles. The number of piperidine rings is 1. The van der Waals surface area contributed by atoms with E-state index in [9.17, 15) is 4.79 Å². The molecule has 1 aromatic rings. The van der Waals surface area contributed by atoms with E-state index in [0.29, 0.717) is 17.4 Å². The normalized spacial score (nSPS) is 25.0. The van der Waals surface area contributed by atoms with Gasteiger partial charge in [0.2, 0.25) is 6.79 Å². The molecule has 1 saturated carbocycles. The highest BCUT2D eigenvalue weighted by Gasteiger charge is 2.32. The highest BCUT2D eigenvalue weighted by atomic mass is 16.7. The number of hydrogen-bond acceptors (Lipinski definition) is 5. The first-order valence-electron chi connectivity index (χ1n) is 9.55. The quantitative estimate of drug-likeness (QED) is 0.613. The lowest BCUT2D eigenvalue weighted by atomic mass is 9.75. The van der Waals surface area contributed by atoms with E-state index in [1.165, 1.54) is 25.7 Å². The van der Waals surface area contributed by atoms with Gasteiger partial charge < -0.3 is 19.2 Å². The van der Waals surface area contributed by atoms with E-state index in [-0.39, 0.29) is 19.3 Å². The van der Waals surface area contributed by atoms with Crippen LogP contribution in [0.1, 0.15) is 44.6 Å². The standard InChI is InChI=1S/C20H26N2O4/c1-14(16-6-7-18-19(10-16)25-13-24-18)21-26-12-20(23)22-9-8-15-4-2-3-5-17(15)11-22/h6-7,10,15,17H,2-5,8-9,11-13H2,1H3/b21-14-/t15-,17+/m1/s1. The lowest BCUT2D eigenvalue weighted by Crippen LogP contribution is -2.45. The summed E-state index contributed by atoms with van der Waals surface area (Å²) >= 11 is 0. The number of carbonyl (C=O) groups is 1. The van der Waals surface area contributed by atoms with Gasteiger partial charge in [-0.15, -0.1) is 0 Å². The first kappa shape index (κ1) is 17.2. The van der Waals surface area contributed by atoms with Crippen molar-refractivity contribution in [3.63, 3.8) is 0 Å². The Kier molecular flexibility index (Phi) is 5.00. The second kappa shape index (κ2) is 7.56. The first-order valence-corrected chi connectivity index (χ1v) is 9.55. The molecule has 6 heteroatoms. The minimum atomic E-state index is -0.000716. The number of benzene rings is 1. The summed E-state index contributed by atoms with van der Waals surface area (Å²) < 4.78 is 10.7. The number of carbonyl (C=O) groups excluding carboxylic acids is 1. The van der Waals surface area contributed by atoms with Gasteiger partial charge in [-0.05, 0) is 49.8 Å². The zero-order valence-electron chi connectivity index (χ0n) is 15.3. The van der Waals surface area contributed by atoms with Crippen LogP contribution in [0.15, 0.2) is 23.4 Å². The molecule has 0 N–H and O–H groups in total. The van der Waals surface area contributed by atoms with Crippen LogP contribution < -0.4 is 9.47 Å². The Morgan fingerprint density at radius 2 is 2.00 bits per heavy atom. The highest BCUT2D eigenvalue weighted by Crippen LogP contribution is 2.36. The molecule has 1 amide bonds. The molecule has 0 spiro atoms. The molecule has 2 heterocycles. The Labute approximate surface area is 154 Å². The summed E-state index contributed by atoms with van der Waals surface area (Å²) in [7, 11) is 0. The Morgan fingerprint density at radius 3 is 2.88 bits per heavy atom. The summed E-state index contributed by atoms with van der Waals surface area (Å²) in [6, 6.07) is 5.64. The van der Waals surface area contributed by atoms with Gasteiger partial charge in [-0.25, -0.2) is 0 Å². The minimum absolute atomic E-state index is 0.000716. The number of rotatable bonds is 4. The maximum absolute atomic E-state index is 12.4. The molecule has 1 aromatic carbocycles. The molecule has 4 rings (SSSR count). The number of fused-ring (bicyclic) bond motifs is 2. The van der Waals surface area contributed by atoms with E-state index >= 15 is 0 Å². The average molecular weight is 358 g/mol. The molecular weight excluding hydrogens is 332 g/mol. The van der Waals surface area contributed by atoms with Gasteiger partial charge in [-0.3, -0.25) is 4.79 Å². The SMILES string of the molecule is C/C(=N/OCC(=O)N1CC[C@H]2CCCC[C@H]2C1)c1ccc2c(c1)OCO2. The highest BCUT2D eigenvalue weighted by molar-refractivity contribution is 5.99. The minimum Gasteiger partial charge on any atom is -0.454 e. The van der Waals surface area contributed by atoms with Crippen LogP contribution in [0, 0.1) is 11.8 Å². The van der Waals surface area contributed by atoms with Crippen molar-refractivity contribution in [2.45, 2.75) is 39.0 Å². The predicted octanol–water partition coefficient (Wildman–Crippen LogP) is 3.19. The van der Waals surface area contributed by atoms with Gasteiger partial charge >= 0.3 is 0 Å². The molecule has 0 unspecified atom stereocenters. The van der Waals surface area contributed by atoms with E-state index in [1.807, 2.05) is 30.0 Å². The zero-order chi connectivity index (χ0) is 17.9. The van der Waals surface area contributed by atoms with E-state index in [2.05, 4.69) is 5.16 Å². The summed E-state index contributed by atoms with van der Waals surface area (Å²) in [5.41, 5.74) is 1.60. The van der Waals surface area contributed by atoms with E-state index < -0.39 is 0 Å². The number of hydrogen-bond donors (Lipinski definition) is 0. The third-order valence-corrected chi connectivity index (χ3v) is 5.82. The fourth-order valence-electron chi connectivity index (χ4n) is 4.28. The first-order chi connectivity index (χ1) is 12.7. The number of oxime groups is 1. The fourth-order valence-corrected chi connectivity index (χ4v) is 4.28. The molecule has 0 aromatic heterocycles. The Hall–Kier alpha value is -2.24. The third-order valence-electron chi connectivity index (χ3n) is 5.82. The maximum Gasteiger partial charge on any atom is 0.263 e. The molecule has 6 nitrogen and oxygen atoms in total. The summed E-state index contributed by atoms with van der Waals surface area (Å²) in [4.78, 5) is 19.7. The van der Waals surface area contributed by atoms with Gasteiger partial charge in [-0.1, -0.05) is 24.4 Å². The summed E-state index contributed by atoms with van der Waals surface area (Å²) in [5.74, 6) is 2.99. The van der Waals surface area contributed by atoms with Gasteiger partial charge in [-0.2, -0.15) is 0 Å². The second-order valence-electron chi connectivity index (χ2n) is 7.45. The molecule has 1 saturated heterocycles. The summed E-state index contributed by atoms with van der Waals surface area (Å²) in [6.45, 7) is 3.85. The van der Waals surface area contributed by atoms with Crippen molar-refractivity contribution in [3.8, 4) is 11.5 Å². The largest absolute Gasteiger partial charge is 0.454 e. The summed E-state index contributed by atoms with van der Waals surface area (Å²) in [6.07, 6.45) is 6.39. The van der Waals surface area contributed by atoms with E-state index in [0.717, 1.165) is 36.7 Å². The monoisotopic (exact) mass is 358 g/mol. The number of amides is 1. The molecule has 2 atom stereocenters. The third kappa shape index (κ3) is 3.64. The van der Waals surface area contributed by atoms with Crippen molar-refractivity contribution < 1.29 is 19.1 Å². The van der Waals surface area contributed by atoms with Gasteiger partial charge in [0.1, 0.15) is 0 Å². The Morgan fingerprint density at radius 1 is 1.19 bits per heavy atom. The van der Waals surface area contributed by atoms with Gasteiger partial charge in [0.25, 0.3) is 5.91 Å². The van der Waals surface area contributed by atoms with Crippen LogP contribution in [0.4, 0.5) is 0 Å². The van der Waals surface area contributed by atoms with Gasteiger partial charge in [0.05, 0.1) is 5.71 Å². The van der Waals surface area contributed by atoms with Crippen molar-refractivity contribution in [2.75, 3.05) is 26.5 Å². The van der Waals surface area contributed by atoms with Crippen molar-refractivity contribution in [1.29, 1.82) is 0 Å². The van der Waals surface area contributed by atoms with Crippen LogP contribution in [0.5, 0.6) is 11.5 Å². The predicted molar refractivity (Wildman–Crippen MR) is 97.4 cm³/mol. The van der Waals surface area contributed by atoms with Crippen molar-refractivity contribution in [3.05, 3.63) is 23.8 Å². The molecule has 26 heavy (non-hydrogen) atoms. The second-order valence-corrected chi connectivity index (χ2v) is 7.45. The molecule has 0 radical (unpaired) electrons. The van der Waals surface area contributed by atoms with Crippen LogP contribution in [-0.2, 0) is 9.63 Å². The lowest BCUT2D eigenvalue weighted by molar-refractivity contribution is -0.139. The average Bonchev–Trinajstić information content (AvgIpc) is 3.15. The topological polar surface area (TPSA) is 60.4 Å². The smallest absolute Gasteiger partial charge is 0.263 e. The van der Waals surface area contributed by atoms with Crippen LogP contribution in [0.3, 0.4) is 0 Å². The Balaban J connectivity index is 1.29. The number of nitrogens with zero attached hydrogens (tertiary/aromatic N) is 2. The number of ether oxygens (including phenoxy) is 2. The van der Waals surface area contributed by atoms with Crippen molar-refractivity contribution in [1.82, 2.24) is 4.90 Å². The molecule has 2 fully saturated rings. The van der Waals surface area contributed by atoms with Crippen LogP contribution in [0.25, 0.3) is 0 Å². The Bertz CT molecular complexity index is 703. The molecular formula is C20H26N2O4. The van der Waals surface area contributed by atoms with Crippen LogP contribution in [0.2, 0.25) is 0 Å². The molecule has 1 aliphatic carbocycles. The summed E-state index contributed by atoms with van der Waals surface area (Å²) in [5, 5.41) is 4.11. The van der Waals surface area contributed by atoms with Crippen LogP contribution in [-0.4, -0.2) is 43.0 Å². The molecule has 3 aliphatic rings. The molecule has 0 bridgehead atoms. The van der Waals surface area contributed by atoms with Gasteiger partial charge in [0.15, 0.2) is 18.1 Å². The zero-order valence-corrected chi connectivity index (χ0v) is 15.3. The van der Waals surface area contributed by atoms with E-state index in [4.69, 9.17) is 14.3 Å².